The van der Waals surface area contributed by atoms with Crippen molar-refractivity contribution in [2.45, 2.75) is 20.8 Å². The van der Waals surface area contributed by atoms with Gasteiger partial charge in [0.05, 0.1) is 6.54 Å². The molecule has 20 heavy (non-hydrogen) atoms. The van der Waals surface area contributed by atoms with E-state index in [-0.39, 0.29) is 0 Å². The molecule has 0 radical (unpaired) electrons. The quantitative estimate of drug-likeness (QED) is 0.775. The summed E-state index contributed by atoms with van der Waals surface area (Å²) in [5.41, 5.74) is 3.70. The molecule has 0 spiro atoms. The Hall–Kier alpha value is -1.82. The lowest BCUT2D eigenvalue weighted by Crippen LogP contribution is -2.37. The van der Waals surface area contributed by atoms with Crippen molar-refractivity contribution in [3.05, 3.63) is 28.8 Å². The van der Waals surface area contributed by atoms with E-state index in [2.05, 4.69) is 15.6 Å². The summed E-state index contributed by atoms with van der Waals surface area (Å²) in [7, 11) is 0. The molecule has 6 heteroatoms. The number of amides is 2. The molecule has 1 aromatic rings. The van der Waals surface area contributed by atoms with Crippen LogP contribution in [0.2, 0.25) is 0 Å². The van der Waals surface area contributed by atoms with Gasteiger partial charge < -0.3 is 5.32 Å². The number of thioether (sulfide) groups is 1. The highest BCUT2D eigenvalue weighted by atomic mass is 32.2. The first kappa shape index (κ1) is 14.6. The summed E-state index contributed by atoms with van der Waals surface area (Å²) in [5, 5.41) is 5.69. The molecule has 5 nitrogen and oxygen atoms in total. The minimum Gasteiger partial charge on any atom is -0.317 e. The van der Waals surface area contributed by atoms with Gasteiger partial charge in [-0.3, -0.25) is 19.9 Å². The van der Waals surface area contributed by atoms with E-state index in [0.29, 0.717) is 17.4 Å². The van der Waals surface area contributed by atoms with E-state index in [0.717, 1.165) is 22.4 Å². The molecule has 0 unspecified atom stereocenters. The number of anilines is 1. The first-order valence-corrected chi connectivity index (χ1v) is 7.33. The van der Waals surface area contributed by atoms with Crippen molar-refractivity contribution in [1.82, 2.24) is 5.32 Å². The maximum Gasteiger partial charge on any atom is 0.315 e. The van der Waals surface area contributed by atoms with Gasteiger partial charge in [0, 0.05) is 11.4 Å². The highest BCUT2D eigenvalue weighted by Crippen LogP contribution is 2.21. The highest BCUT2D eigenvalue weighted by Gasteiger charge is 2.19. The number of aryl methyl sites for hydroxylation is 3. The summed E-state index contributed by atoms with van der Waals surface area (Å²) < 4.78 is 0. The van der Waals surface area contributed by atoms with E-state index in [1.54, 1.807) is 0 Å². The van der Waals surface area contributed by atoms with Crippen LogP contribution in [0.15, 0.2) is 17.1 Å². The standard InChI is InChI=1S/C14H17N3O2S/c1-8-6-9(2)11(10(3)7-8)16-12(18)13(19)17-14-15-4-5-20-14/h6-7H,4-5H2,1-3H3,(H,16,18)(H,15,17,19). The lowest BCUT2D eigenvalue weighted by Gasteiger charge is -2.12. The Morgan fingerprint density at radius 3 is 2.25 bits per heavy atom. The summed E-state index contributed by atoms with van der Waals surface area (Å²) in [4.78, 5) is 27.8. The number of amidine groups is 1. The van der Waals surface area contributed by atoms with Crippen LogP contribution in [0.4, 0.5) is 5.69 Å². The predicted molar refractivity (Wildman–Crippen MR) is 82.2 cm³/mol. The number of nitrogens with one attached hydrogen (secondary N) is 2. The summed E-state index contributed by atoms with van der Waals surface area (Å²) in [6.45, 7) is 6.49. The molecule has 1 aliphatic rings. The fraction of sp³-hybridized carbons (Fsp3) is 0.357. The summed E-state index contributed by atoms with van der Waals surface area (Å²) in [6, 6.07) is 3.94. The van der Waals surface area contributed by atoms with Crippen LogP contribution in [0.3, 0.4) is 0 Å². The van der Waals surface area contributed by atoms with E-state index in [1.165, 1.54) is 11.8 Å². The van der Waals surface area contributed by atoms with E-state index in [9.17, 15) is 9.59 Å². The summed E-state index contributed by atoms with van der Waals surface area (Å²) in [6.07, 6.45) is 0. The van der Waals surface area contributed by atoms with Crippen LogP contribution < -0.4 is 10.6 Å². The molecule has 0 atom stereocenters. The third-order valence-corrected chi connectivity index (χ3v) is 3.82. The fourth-order valence-electron chi connectivity index (χ4n) is 2.11. The van der Waals surface area contributed by atoms with Crippen molar-refractivity contribution in [2.24, 2.45) is 4.99 Å². The van der Waals surface area contributed by atoms with Crippen molar-refractivity contribution in [1.29, 1.82) is 0 Å². The second kappa shape index (κ2) is 6.09. The zero-order valence-electron chi connectivity index (χ0n) is 11.7. The van der Waals surface area contributed by atoms with Gasteiger partial charge in [-0.05, 0) is 31.9 Å². The van der Waals surface area contributed by atoms with Gasteiger partial charge in [-0.25, -0.2) is 0 Å². The minimum atomic E-state index is -0.683. The van der Waals surface area contributed by atoms with Crippen molar-refractivity contribution >= 4 is 34.4 Å². The van der Waals surface area contributed by atoms with E-state index >= 15 is 0 Å². The first-order chi connectivity index (χ1) is 9.47. The van der Waals surface area contributed by atoms with Crippen LogP contribution in [-0.2, 0) is 9.59 Å². The molecule has 0 saturated heterocycles. The molecule has 0 fully saturated rings. The van der Waals surface area contributed by atoms with Gasteiger partial charge in [0.1, 0.15) is 0 Å². The maximum atomic E-state index is 11.9. The second-order valence-corrected chi connectivity index (χ2v) is 5.80. The number of hydrogen-bond acceptors (Lipinski definition) is 4. The molecule has 1 aromatic carbocycles. The van der Waals surface area contributed by atoms with Crippen molar-refractivity contribution in [2.75, 3.05) is 17.6 Å². The summed E-state index contributed by atoms with van der Waals surface area (Å²) in [5.74, 6) is -0.513. The normalized spacial score (nSPS) is 13.8. The van der Waals surface area contributed by atoms with Gasteiger partial charge in [0.25, 0.3) is 0 Å². The number of rotatable bonds is 1. The number of aliphatic imine (C=N–C) groups is 1. The summed E-state index contributed by atoms with van der Waals surface area (Å²) >= 11 is 1.44. The zero-order valence-corrected chi connectivity index (χ0v) is 12.6. The molecule has 0 aromatic heterocycles. The number of benzene rings is 1. The second-order valence-electron chi connectivity index (χ2n) is 4.72. The van der Waals surface area contributed by atoms with E-state index in [1.807, 2.05) is 32.9 Å². The van der Waals surface area contributed by atoms with Gasteiger partial charge in [-0.2, -0.15) is 0 Å². The molecule has 106 valence electrons. The lowest BCUT2D eigenvalue weighted by atomic mass is 10.1. The average Bonchev–Trinajstić information content (AvgIpc) is 2.86. The van der Waals surface area contributed by atoms with Crippen LogP contribution in [0.5, 0.6) is 0 Å². The van der Waals surface area contributed by atoms with Crippen LogP contribution in [0, 0.1) is 20.8 Å². The maximum absolute atomic E-state index is 11.9. The van der Waals surface area contributed by atoms with E-state index < -0.39 is 11.8 Å². The van der Waals surface area contributed by atoms with Gasteiger partial charge in [0.2, 0.25) is 0 Å². The van der Waals surface area contributed by atoms with Gasteiger partial charge >= 0.3 is 11.8 Å². The smallest absolute Gasteiger partial charge is 0.315 e. The molecule has 2 amide bonds. The minimum absolute atomic E-state index is 0.516. The number of carbonyl (C=O) groups excluding carboxylic acids is 2. The van der Waals surface area contributed by atoms with Gasteiger partial charge in [-0.1, -0.05) is 29.5 Å². The Morgan fingerprint density at radius 1 is 1.10 bits per heavy atom. The molecular formula is C14H17N3O2S. The fourth-order valence-corrected chi connectivity index (χ4v) is 2.84. The first-order valence-electron chi connectivity index (χ1n) is 6.35. The highest BCUT2D eigenvalue weighted by molar-refractivity contribution is 8.14. The SMILES string of the molecule is Cc1cc(C)c(NC(=O)C(=O)NC2=NCCS2)c(C)c1. The zero-order chi connectivity index (χ0) is 14.7. The Balaban J connectivity index is 2.06. The Morgan fingerprint density at radius 2 is 1.70 bits per heavy atom. The van der Waals surface area contributed by atoms with E-state index in [4.69, 9.17) is 0 Å². The van der Waals surface area contributed by atoms with Crippen LogP contribution in [0.1, 0.15) is 16.7 Å². The van der Waals surface area contributed by atoms with Gasteiger partial charge in [0.15, 0.2) is 5.17 Å². The molecule has 0 bridgehead atoms. The van der Waals surface area contributed by atoms with Crippen LogP contribution >= 0.6 is 11.8 Å². The third kappa shape index (κ3) is 3.39. The Kier molecular flexibility index (Phi) is 4.44. The van der Waals surface area contributed by atoms with Crippen molar-refractivity contribution in [3.63, 3.8) is 0 Å². The number of hydrogen-bond donors (Lipinski definition) is 2. The van der Waals surface area contributed by atoms with Gasteiger partial charge in [-0.15, -0.1) is 0 Å². The Bertz CT molecular complexity index is 573. The topological polar surface area (TPSA) is 70.6 Å². The molecule has 2 rings (SSSR count). The molecule has 2 N–H and O–H groups in total. The molecule has 1 aliphatic heterocycles. The Labute approximate surface area is 122 Å². The molecule has 0 aliphatic carbocycles. The molecule has 0 saturated carbocycles. The largest absolute Gasteiger partial charge is 0.317 e. The third-order valence-electron chi connectivity index (χ3n) is 2.93. The van der Waals surface area contributed by atoms with Crippen LogP contribution in [-0.4, -0.2) is 29.3 Å². The van der Waals surface area contributed by atoms with Crippen LogP contribution in [0.25, 0.3) is 0 Å². The number of nitrogens with zero attached hydrogens (tertiary/aromatic N) is 1. The van der Waals surface area contributed by atoms with Crippen molar-refractivity contribution in [3.8, 4) is 0 Å². The molecular weight excluding hydrogens is 274 g/mol. The monoisotopic (exact) mass is 291 g/mol. The predicted octanol–water partition coefficient (Wildman–Crippen LogP) is 1.77. The average molecular weight is 291 g/mol. The van der Waals surface area contributed by atoms with Crippen molar-refractivity contribution < 1.29 is 9.59 Å². The number of carbonyl (C=O) groups is 2. The lowest BCUT2D eigenvalue weighted by molar-refractivity contribution is -0.135. The molecule has 1 heterocycles.